The first-order valence-corrected chi connectivity index (χ1v) is 7.41. The number of hydrogen-bond donors (Lipinski definition) is 1. The van der Waals surface area contributed by atoms with Crippen LogP contribution in [0.2, 0.25) is 0 Å². The molecule has 9 heteroatoms. The molecule has 15 heavy (non-hydrogen) atoms. The van der Waals surface area contributed by atoms with Gasteiger partial charge in [-0.25, -0.2) is 17.8 Å². The molecule has 1 aromatic heterocycles. The molecule has 0 aliphatic rings. The SMILES string of the molecule is CC(CBr)NS(=O)(=O)c1c(Br)nnn1C. The molecule has 1 N–H and O–H groups in total. The second-order valence-corrected chi connectivity index (χ2v) is 6.01. The van der Waals surface area contributed by atoms with Crippen molar-refractivity contribution < 1.29 is 8.42 Å². The van der Waals surface area contributed by atoms with E-state index < -0.39 is 10.0 Å². The molecule has 0 fully saturated rings. The number of aromatic nitrogens is 3. The van der Waals surface area contributed by atoms with Crippen LogP contribution >= 0.6 is 31.9 Å². The zero-order valence-corrected chi connectivity index (χ0v) is 12.1. The van der Waals surface area contributed by atoms with Crippen LogP contribution in [0.15, 0.2) is 9.63 Å². The molecule has 1 unspecified atom stereocenters. The van der Waals surface area contributed by atoms with Gasteiger partial charge < -0.3 is 0 Å². The van der Waals surface area contributed by atoms with Gasteiger partial charge in [-0.2, -0.15) is 0 Å². The number of sulfonamides is 1. The van der Waals surface area contributed by atoms with E-state index in [0.717, 1.165) is 0 Å². The van der Waals surface area contributed by atoms with E-state index in [9.17, 15) is 8.42 Å². The van der Waals surface area contributed by atoms with Crippen molar-refractivity contribution in [2.24, 2.45) is 7.05 Å². The molecule has 0 bridgehead atoms. The molecule has 0 radical (unpaired) electrons. The van der Waals surface area contributed by atoms with E-state index in [1.54, 1.807) is 6.92 Å². The lowest BCUT2D eigenvalue weighted by atomic mass is 10.4. The van der Waals surface area contributed by atoms with Crippen molar-refractivity contribution in [2.75, 3.05) is 5.33 Å². The molecule has 1 aromatic rings. The van der Waals surface area contributed by atoms with Crippen molar-refractivity contribution in [3.8, 4) is 0 Å². The van der Waals surface area contributed by atoms with Crippen LogP contribution in [-0.2, 0) is 17.1 Å². The summed E-state index contributed by atoms with van der Waals surface area (Å²) in [5, 5.41) is 7.78. The number of nitrogens with zero attached hydrogens (tertiary/aromatic N) is 3. The van der Waals surface area contributed by atoms with E-state index in [-0.39, 0.29) is 15.7 Å². The predicted octanol–water partition coefficient (Wildman–Crippen LogP) is 0.639. The first-order chi connectivity index (χ1) is 6.88. The highest BCUT2D eigenvalue weighted by Gasteiger charge is 2.25. The predicted molar refractivity (Wildman–Crippen MR) is 62.3 cm³/mol. The molecular formula is C6H10Br2N4O2S. The van der Waals surface area contributed by atoms with Crippen molar-refractivity contribution >= 4 is 41.9 Å². The number of hydrogen-bond acceptors (Lipinski definition) is 4. The third-order valence-electron chi connectivity index (χ3n) is 1.58. The van der Waals surface area contributed by atoms with E-state index in [2.05, 4.69) is 46.9 Å². The molecule has 0 aliphatic carbocycles. The number of halogens is 2. The maximum absolute atomic E-state index is 11.8. The molecule has 0 saturated heterocycles. The van der Waals surface area contributed by atoms with Gasteiger partial charge in [0.2, 0.25) is 5.03 Å². The fraction of sp³-hybridized carbons (Fsp3) is 0.667. The second-order valence-electron chi connectivity index (χ2n) is 2.99. The summed E-state index contributed by atoms with van der Waals surface area (Å²) >= 11 is 6.23. The van der Waals surface area contributed by atoms with Gasteiger partial charge in [0.25, 0.3) is 10.0 Å². The minimum absolute atomic E-state index is 0.0234. The molecule has 0 aliphatic heterocycles. The number of rotatable bonds is 4. The maximum atomic E-state index is 11.8. The van der Waals surface area contributed by atoms with E-state index in [1.807, 2.05) is 0 Å². The molecule has 6 nitrogen and oxygen atoms in total. The summed E-state index contributed by atoms with van der Waals surface area (Å²) in [7, 11) is -2.06. The van der Waals surface area contributed by atoms with Gasteiger partial charge in [-0.05, 0) is 22.9 Å². The van der Waals surface area contributed by atoms with Gasteiger partial charge in [-0.3, -0.25) is 0 Å². The lowest BCUT2D eigenvalue weighted by Crippen LogP contribution is -2.34. The zero-order valence-electron chi connectivity index (χ0n) is 8.11. The van der Waals surface area contributed by atoms with Crippen LogP contribution in [-0.4, -0.2) is 34.8 Å². The molecule has 0 saturated carbocycles. The molecule has 0 spiro atoms. The van der Waals surface area contributed by atoms with Crippen LogP contribution in [0.5, 0.6) is 0 Å². The van der Waals surface area contributed by atoms with Crippen LogP contribution in [0.25, 0.3) is 0 Å². The Balaban J connectivity index is 3.07. The third kappa shape index (κ3) is 2.99. The zero-order chi connectivity index (χ0) is 11.6. The Morgan fingerprint density at radius 1 is 1.60 bits per heavy atom. The van der Waals surface area contributed by atoms with Gasteiger partial charge in [0.05, 0.1) is 0 Å². The first-order valence-electron chi connectivity index (χ1n) is 4.02. The van der Waals surface area contributed by atoms with Crippen LogP contribution < -0.4 is 4.72 Å². The smallest absolute Gasteiger partial charge is 0.235 e. The molecule has 1 heterocycles. The fourth-order valence-corrected chi connectivity index (χ4v) is 3.67. The molecule has 86 valence electrons. The van der Waals surface area contributed by atoms with Crippen molar-refractivity contribution in [3.05, 3.63) is 4.60 Å². The Morgan fingerprint density at radius 3 is 2.60 bits per heavy atom. The van der Waals surface area contributed by atoms with Crippen LogP contribution in [0.3, 0.4) is 0 Å². The van der Waals surface area contributed by atoms with Crippen LogP contribution in [0.4, 0.5) is 0 Å². The van der Waals surface area contributed by atoms with Crippen LogP contribution in [0, 0.1) is 0 Å². The molecular weight excluding hydrogens is 352 g/mol. The fourth-order valence-electron chi connectivity index (χ4n) is 0.960. The summed E-state index contributed by atoms with van der Waals surface area (Å²) in [6, 6.07) is -0.197. The summed E-state index contributed by atoms with van der Waals surface area (Å²) in [6.45, 7) is 1.75. The average molecular weight is 362 g/mol. The standard InChI is InChI=1S/C6H10Br2N4O2S/c1-4(3-7)10-15(13,14)6-5(8)9-11-12(6)2/h4,10H,3H2,1-2H3. The Hall–Kier alpha value is 0.0100. The number of alkyl halides is 1. The van der Waals surface area contributed by atoms with Gasteiger partial charge in [0.1, 0.15) is 0 Å². The summed E-state index contributed by atoms with van der Waals surface area (Å²) < 4.78 is 27.6. The van der Waals surface area contributed by atoms with E-state index in [0.29, 0.717) is 5.33 Å². The number of aryl methyl sites for hydroxylation is 1. The van der Waals surface area contributed by atoms with E-state index in [4.69, 9.17) is 0 Å². The normalized spacial score (nSPS) is 14.1. The van der Waals surface area contributed by atoms with Gasteiger partial charge in [-0.15, -0.1) is 5.10 Å². The minimum Gasteiger partial charge on any atom is -0.235 e. The molecule has 1 rings (SSSR count). The van der Waals surface area contributed by atoms with Gasteiger partial charge >= 0.3 is 0 Å². The van der Waals surface area contributed by atoms with Gasteiger partial charge in [0, 0.05) is 18.4 Å². The average Bonchev–Trinajstić information content (AvgIpc) is 2.45. The highest BCUT2D eigenvalue weighted by Crippen LogP contribution is 2.17. The lowest BCUT2D eigenvalue weighted by Gasteiger charge is -2.10. The van der Waals surface area contributed by atoms with E-state index in [1.165, 1.54) is 11.7 Å². The van der Waals surface area contributed by atoms with Crippen molar-refractivity contribution in [1.82, 2.24) is 19.7 Å². The Bertz CT molecular complexity index is 424. The second kappa shape index (κ2) is 4.89. The quantitative estimate of drug-likeness (QED) is 0.798. The summed E-state index contributed by atoms with van der Waals surface area (Å²) in [6.07, 6.45) is 0. The van der Waals surface area contributed by atoms with E-state index >= 15 is 0 Å². The highest BCUT2D eigenvalue weighted by atomic mass is 79.9. The molecule has 0 amide bonds. The topological polar surface area (TPSA) is 76.9 Å². The maximum Gasteiger partial charge on any atom is 0.260 e. The minimum atomic E-state index is -3.58. The Morgan fingerprint density at radius 2 is 2.20 bits per heavy atom. The third-order valence-corrected chi connectivity index (χ3v) is 5.03. The highest BCUT2D eigenvalue weighted by molar-refractivity contribution is 9.10. The Kier molecular flexibility index (Phi) is 4.27. The lowest BCUT2D eigenvalue weighted by molar-refractivity contribution is 0.551. The van der Waals surface area contributed by atoms with Gasteiger partial charge in [-0.1, -0.05) is 21.1 Å². The first kappa shape index (κ1) is 13.1. The Labute approximate surface area is 105 Å². The largest absolute Gasteiger partial charge is 0.260 e. The van der Waals surface area contributed by atoms with Crippen LogP contribution in [0.1, 0.15) is 6.92 Å². The van der Waals surface area contributed by atoms with Crippen molar-refractivity contribution in [1.29, 1.82) is 0 Å². The van der Waals surface area contributed by atoms with Crippen molar-refractivity contribution in [3.63, 3.8) is 0 Å². The summed E-state index contributed by atoms with van der Waals surface area (Å²) in [5.41, 5.74) is 0. The molecule has 1 atom stereocenters. The molecule has 0 aromatic carbocycles. The number of nitrogens with one attached hydrogen (secondary N) is 1. The summed E-state index contributed by atoms with van der Waals surface area (Å²) in [5.74, 6) is 0. The van der Waals surface area contributed by atoms with Crippen molar-refractivity contribution in [2.45, 2.75) is 18.0 Å². The summed E-state index contributed by atoms with van der Waals surface area (Å²) in [4.78, 5) is 0. The van der Waals surface area contributed by atoms with Gasteiger partial charge in [0.15, 0.2) is 4.60 Å². The monoisotopic (exact) mass is 360 g/mol.